The van der Waals surface area contributed by atoms with Crippen molar-refractivity contribution in [2.45, 2.75) is 32.9 Å². The van der Waals surface area contributed by atoms with Crippen LogP contribution >= 0.6 is 0 Å². The molecule has 5 heteroatoms. The lowest BCUT2D eigenvalue weighted by molar-refractivity contribution is 0.0694. The van der Waals surface area contributed by atoms with Crippen LogP contribution in [-0.4, -0.2) is 27.7 Å². The summed E-state index contributed by atoms with van der Waals surface area (Å²) in [6.45, 7) is 4.37. The fourth-order valence-corrected chi connectivity index (χ4v) is 2.83. The maximum absolute atomic E-state index is 11.2. The topological polar surface area (TPSA) is 66.6 Å². The summed E-state index contributed by atoms with van der Waals surface area (Å²) in [5, 5.41) is 13.3. The smallest absolute Gasteiger partial charge is 0.335 e. The zero-order valence-corrected chi connectivity index (χ0v) is 12.0. The van der Waals surface area contributed by atoms with E-state index in [1.165, 1.54) is 0 Å². The van der Waals surface area contributed by atoms with Crippen LogP contribution in [0.3, 0.4) is 0 Å². The third kappa shape index (κ3) is 2.83. The standard InChI is InChI=1S/C16H18N2O3/c1-2-13-8-12(17-21-13)10-18-7-6-14-11(9-18)4-3-5-15(14)16(19)20/h3-5,8H,2,6-7,9-10H2,1H3,(H,19,20). The van der Waals surface area contributed by atoms with E-state index < -0.39 is 5.97 Å². The number of carboxylic acid groups (broad SMARTS) is 1. The SMILES string of the molecule is CCc1cc(CN2CCc3c(cccc3C(=O)O)C2)no1. The number of rotatable bonds is 4. The largest absolute Gasteiger partial charge is 0.478 e. The van der Waals surface area contributed by atoms with E-state index in [2.05, 4.69) is 10.1 Å². The minimum absolute atomic E-state index is 0.432. The number of hydrogen-bond acceptors (Lipinski definition) is 4. The third-order valence-corrected chi connectivity index (χ3v) is 3.92. The van der Waals surface area contributed by atoms with Crippen molar-refractivity contribution in [1.82, 2.24) is 10.1 Å². The molecule has 0 atom stereocenters. The van der Waals surface area contributed by atoms with Crippen molar-refractivity contribution in [3.8, 4) is 0 Å². The van der Waals surface area contributed by atoms with Gasteiger partial charge in [0.05, 0.1) is 11.3 Å². The van der Waals surface area contributed by atoms with Gasteiger partial charge in [-0.25, -0.2) is 4.79 Å². The fraction of sp³-hybridized carbons (Fsp3) is 0.375. The molecule has 0 saturated heterocycles. The predicted molar refractivity (Wildman–Crippen MR) is 77.1 cm³/mol. The summed E-state index contributed by atoms with van der Waals surface area (Å²) in [6.07, 6.45) is 1.61. The average molecular weight is 286 g/mol. The molecule has 0 spiro atoms. The minimum Gasteiger partial charge on any atom is -0.478 e. The molecule has 1 aliphatic rings. The number of nitrogens with zero attached hydrogens (tertiary/aromatic N) is 2. The van der Waals surface area contributed by atoms with Gasteiger partial charge in [0.15, 0.2) is 0 Å². The molecule has 1 aromatic carbocycles. The van der Waals surface area contributed by atoms with Crippen LogP contribution in [0.1, 0.15) is 39.9 Å². The summed E-state index contributed by atoms with van der Waals surface area (Å²) in [4.78, 5) is 13.5. The van der Waals surface area contributed by atoms with Crippen LogP contribution in [0.5, 0.6) is 0 Å². The van der Waals surface area contributed by atoms with Gasteiger partial charge in [-0.3, -0.25) is 4.90 Å². The summed E-state index contributed by atoms with van der Waals surface area (Å²) in [6, 6.07) is 7.50. The fourth-order valence-electron chi connectivity index (χ4n) is 2.83. The van der Waals surface area contributed by atoms with Gasteiger partial charge in [-0.15, -0.1) is 0 Å². The van der Waals surface area contributed by atoms with Gasteiger partial charge in [0.2, 0.25) is 0 Å². The Labute approximate surface area is 123 Å². The molecule has 0 bridgehead atoms. The summed E-state index contributed by atoms with van der Waals surface area (Å²) in [7, 11) is 0. The maximum Gasteiger partial charge on any atom is 0.335 e. The van der Waals surface area contributed by atoms with Crippen LogP contribution in [0.25, 0.3) is 0 Å². The van der Waals surface area contributed by atoms with E-state index in [0.717, 1.165) is 55.1 Å². The summed E-state index contributed by atoms with van der Waals surface area (Å²) < 4.78 is 5.22. The van der Waals surface area contributed by atoms with Gasteiger partial charge < -0.3 is 9.63 Å². The zero-order chi connectivity index (χ0) is 14.8. The first-order chi connectivity index (χ1) is 10.2. The molecule has 0 saturated carbocycles. The van der Waals surface area contributed by atoms with E-state index in [1.807, 2.05) is 25.1 Å². The van der Waals surface area contributed by atoms with E-state index in [1.54, 1.807) is 6.07 Å². The number of carboxylic acids is 1. The lowest BCUT2D eigenvalue weighted by Crippen LogP contribution is -2.31. The Kier molecular flexibility index (Phi) is 3.75. The molecule has 1 aromatic heterocycles. The molecule has 0 unspecified atom stereocenters. The molecule has 0 aliphatic carbocycles. The molecule has 21 heavy (non-hydrogen) atoms. The Morgan fingerprint density at radius 3 is 3.05 bits per heavy atom. The van der Waals surface area contributed by atoms with Gasteiger partial charge >= 0.3 is 5.97 Å². The Morgan fingerprint density at radius 2 is 2.33 bits per heavy atom. The van der Waals surface area contributed by atoms with Crippen molar-refractivity contribution in [2.24, 2.45) is 0 Å². The Balaban J connectivity index is 1.75. The van der Waals surface area contributed by atoms with Crippen molar-refractivity contribution >= 4 is 5.97 Å². The van der Waals surface area contributed by atoms with Crippen LogP contribution < -0.4 is 0 Å². The Morgan fingerprint density at radius 1 is 1.48 bits per heavy atom. The van der Waals surface area contributed by atoms with Crippen molar-refractivity contribution in [1.29, 1.82) is 0 Å². The van der Waals surface area contributed by atoms with E-state index in [0.29, 0.717) is 5.56 Å². The van der Waals surface area contributed by atoms with Crippen molar-refractivity contribution < 1.29 is 14.4 Å². The Hall–Kier alpha value is -2.14. The highest BCUT2D eigenvalue weighted by Crippen LogP contribution is 2.23. The third-order valence-electron chi connectivity index (χ3n) is 3.92. The number of fused-ring (bicyclic) bond motifs is 1. The predicted octanol–water partition coefficient (Wildman–Crippen LogP) is 2.49. The minimum atomic E-state index is -0.843. The van der Waals surface area contributed by atoms with E-state index in [-0.39, 0.29) is 0 Å². The second-order valence-corrected chi connectivity index (χ2v) is 5.35. The van der Waals surface area contributed by atoms with E-state index in [9.17, 15) is 9.90 Å². The number of carbonyl (C=O) groups is 1. The number of benzene rings is 1. The van der Waals surface area contributed by atoms with Crippen molar-refractivity contribution in [3.05, 3.63) is 52.4 Å². The number of aryl methyl sites for hydroxylation is 1. The van der Waals surface area contributed by atoms with Crippen LogP contribution in [0.2, 0.25) is 0 Å². The molecule has 3 rings (SSSR count). The maximum atomic E-state index is 11.2. The van der Waals surface area contributed by atoms with Crippen molar-refractivity contribution in [3.63, 3.8) is 0 Å². The number of aromatic carboxylic acids is 1. The van der Waals surface area contributed by atoms with Crippen LogP contribution in [0, 0.1) is 0 Å². The van der Waals surface area contributed by atoms with Gasteiger partial charge in [-0.05, 0) is 23.6 Å². The first-order valence-corrected chi connectivity index (χ1v) is 7.18. The zero-order valence-electron chi connectivity index (χ0n) is 12.0. The van der Waals surface area contributed by atoms with E-state index >= 15 is 0 Å². The molecule has 0 amide bonds. The summed E-state index contributed by atoms with van der Waals surface area (Å²) in [5.41, 5.74) is 3.43. The molecule has 2 heterocycles. The highest BCUT2D eigenvalue weighted by Gasteiger charge is 2.21. The molecule has 0 fully saturated rings. The van der Waals surface area contributed by atoms with Crippen molar-refractivity contribution in [2.75, 3.05) is 6.54 Å². The molecular weight excluding hydrogens is 268 g/mol. The molecule has 5 nitrogen and oxygen atoms in total. The summed E-state index contributed by atoms with van der Waals surface area (Å²) >= 11 is 0. The number of hydrogen-bond donors (Lipinski definition) is 1. The monoisotopic (exact) mass is 286 g/mol. The van der Waals surface area contributed by atoms with Crippen LogP contribution in [0.4, 0.5) is 0 Å². The first-order valence-electron chi connectivity index (χ1n) is 7.18. The normalized spacial score (nSPS) is 14.9. The molecule has 1 aliphatic heterocycles. The molecule has 2 aromatic rings. The lowest BCUT2D eigenvalue weighted by Gasteiger charge is -2.28. The average Bonchev–Trinajstić information content (AvgIpc) is 2.94. The quantitative estimate of drug-likeness (QED) is 0.935. The molecule has 0 radical (unpaired) electrons. The molecule has 1 N–H and O–H groups in total. The summed E-state index contributed by atoms with van der Waals surface area (Å²) in [5.74, 6) is 0.0555. The second-order valence-electron chi connectivity index (χ2n) is 5.35. The second kappa shape index (κ2) is 5.69. The molecule has 110 valence electrons. The Bertz CT molecular complexity index is 663. The highest BCUT2D eigenvalue weighted by atomic mass is 16.5. The van der Waals surface area contributed by atoms with Crippen LogP contribution in [0.15, 0.2) is 28.8 Å². The van der Waals surface area contributed by atoms with Gasteiger partial charge in [0, 0.05) is 32.1 Å². The number of aromatic nitrogens is 1. The highest BCUT2D eigenvalue weighted by molar-refractivity contribution is 5.89. The van der Waals surface area contributed by atoms with Gasteiger partial charge in [-0.1, -0.05) is 24.2 Å². The van der Waals surface area contributed by atoms with Gasteiger partial charge in [0.25, 0.3) is 0 Å². The first kappa shape index (κ1) is 13.8. The lowest BCUT2D eigenvalue weighted by atomic mass is 9.94. The van der Waals surface area contributed by atoms with Gasteiger partial charge in [-0.2, -0.15) is 0 Å². The van der Waals surface area contributed by atoms with Crippen LogP contribution in [-0.2, 0) is 25.9 Å². The molecular formula is C16H18N2O3. The van der Waals surface area contributed by atoms with Gasteiger partial charge in [0.1, 0.15) is 5.76 Å². The van der Waals surface area contributed by atoms with E-state index in [4.69, 9.17) is 4.52 Å².